The van der Waals surface area contributed by atoms with Crippen LogP contribution in [0.15, 0.2) is 24.3 Å². The minimum absolute atomic E-state index is 0.681. The molecule has 1 aromatic carbocycles. The van der Waals surface area contributed by atoms with Gasteiger partial charge in [-0.1, -0.05) is 24.3 Å². The van der Waals surface area contributed by atoms with Crippen LogP contribution in [0.4, 0.5) is 0 Å². The summed E-state index contributed by atoms with van der Waals surface area (Å²) in [6.45, 7) is 7.07. The van der Waals surface area contributed by atoms with E-state index >= 15 is 0 Å². The van der Waals surface area contributed by atoms with Crippen molar-refractivity contribution in [2.75, 3.05) is 19.6 Å². The molecule has 17 heavy (non-hydrogen) atoms. The maximum atomic E-state index is 3.55. The van der Waals surface area contributed by atoms with Gasteiger partial charge in [-0.2, -0.15) is 0 Å². The van der Waals surface area contributed by atoms with Crippen LogP contribution in [0.1, 0.15) is 36.8 Å². The molecule has 0 aliphatic carbocycles. The van der Waals surface area contributed by atoms with Crippen molar-refractivity contribution >= 4 is 0 Å². The van der Waals surface area contributed by atoms with Crippen LogP contribution in [0.25, 0.3) is 0 Å². The molecule has 0 bridgehead atoms. The second-order valence-corrected chi connectivity index (χ2v) is 5.51. The summed E-state index contributed by atoms with van der Waals surface area (Å²) in [7, 11) is 0. The Balaban J connectivity index is 1.76. The second-order valence-electron chi connectivity index (χ2n) is 5.51. The van der Waals surface area contributed by atoms with Gasteiger partial charge in [0.15, 0.2) is 0 Å². The highest BCUT2D eigenvalue weighted by Gasteiger charge is 2.26. The Kier molecular flexibility index (Phi) is 3.17. The summed E-state index contributed by atoms with van der Waals surface area (Å²) >= 11 is 0. The third kappa shape index (κ3) is 2.24. The molecule has 2 aliphatic rings. The van der Waals surface area contributed by atoms with Gasteiger partial charge in [0, 0.05) is 31.6 Å². The topological polar surface area (TPSA) is 15.3 Å². The third-order valence-electron chi connectivity index (χ3n) is 4.35. The molecule has 2 heterocycles. The van der Waals surface area contributed by atoms with Crippen LogP contribution in [0, 0.1) is 0 Å². The van der Waals surface area contributed by atoms with Gasteiger partial charge in [-0.3, -0.25) is 0 Å². The largest absolute Gasteiger partial charge is 0.312 e. The first kappa shape index (κ1) is 11.2. The molecule has 1 fully saturated rings. The molecule has 1 aromatic rings. The lowest BCUT2D eigenvalue weighted by molar-refractivity contribution is 0.245. The average Bonchev–Trinajstić information content (AvgIpc) is 2.76. The predicted octanol–water partition coefficient (Wildman–Crippen LogP) is 2.36. The Morgan fingerprint density at radius 2 is 2.24 bits per heavy atom. The van der Waals surface area contributed by atoms with Crippen LogP contribution in [0.2, 0.25) is 0 Å². The molecule has 2 nitrogen and oxygen atoms in total. The quantitative estimate of drug-likeness (QED) is 0.839. The molecule has 1 saturated heterocycles. The first-order valence-electron chi connectivity index (χ1n) is 6.87. The molecular formula is C15H22N2. The fourth-order valence-electron chi connectivity index (χ4n) is 3.29. The summed E-state index contributed by atoms with van der Waals surface area (Å²) in [5, 5.41) is 3.55. The monoisotopic (exact) mass is 230 g/mol. The van der Waals surface area contributed by atoms with Crippen LogP contribution in [0.5, 0.6) is 0 Å². The maximum absolute atomic E-state index is 3.55. The van der Waals surface area contributed by atoms with Gasteiger partial charge in [0.2, 0.25) is 0 Å². The van der Waals surface area contributed by atoms with E-state index in [9.17, 15) is 0 Å². The Hall–Kier alpha value is -0.860. The average molecular weight is 230 g/mol. The van der Waals surface area contributed by atoms with Crippen molar-refractivity contribution in [2.45, 2.75) is 38.3 Å². The lowest BCUT2D eigenvalue weighted by Crippen LogP contribution is -2.38. The lowest BCUT2D eigenvalue weighted by atomic mass is 9.90. The molecule has 0 saturated carbocycles. The van der Waals surface area contributed by atoms with E-state index in [4.69, 9.17) is 0 Å². The molecule has 0 aromatic heterocycles. The van der Waals surface area contributed by atoms with Gasteiger partial charge in [0.05, 0.1) is 0 Å². The van der Waals surface area contributed by atoms with Crippen molar-refractivity contribution in [1.29, 1.82) is 0 Å². The summed E-state index contributed by atoms with van der Waals surface area (Å²) in [6.07, 6.45) is 2.75. The number of rotatable bonds is 2. The number of benzene rings is 1. The Morgan fingerprint density at radius 1 is 1.35 bits per heavy atom. The van der Waals surface area contributed by atoms with Crippen LogP contribution in [-0.2, 0) is 6.54 Å². The molecule has 0 radical (unpaired) electrons. The van der Waals surface area contributed by atoms with Crippen LogP contribution >= 0.6 is 0 Å². The van der Waals surface area contributed by atoms with Gasteiger partial charge in [-0.05, 0) is 37.4 Å². The second kappa shape index (κ2) is 4.79. The molecule has 2 atom stereocenters. The zero-order valence-electron chi connectivity index (χ0n) is 10.7. The van der Waals surface area contributed by atoms with Crippen molar-refractivity contribution in [1.82, 2.24) is 10.2 Å². The summed E-state index contributed by atoms with van der Waals surface area (Å²) in [5.74, 6) is 0.681. The minimum atomic E-state index is 0.681. The molecular weight excluding hydrogens is 208 g/mol. The van der Waals surface area contributed by atoms with Crippen LogP contribution < -0.4 is 5.32 Å². The Bertz CT molecular complexity index is 388. The zero-order valence-corrected chi connectivity index (χ0v) is 10.7. The standard InChI is InChI=1S/C15H22N2/c1-12-5-4-8-17(12)11-14-10-16-9-13-6-2-3-7-15(13)14/h2-3,6-7,12,14,16H,4-5,8-11H2,1H3. The molecule has 92 valence electrons. The van der Waals surface area contributed by atoms with E-state index in [1.165, 1.54) is 31.5 Å². The van der Waals surface area contributed by atoms with Gasteiger partial charge in [-0.15, -0.1) is 0 Å². The fourth-order valence-corrected chi connectivity index (χ4v) is 3.29. The summed E-state index contributed by atoms with van der Waals surface area (Å²) in [6, 6.07) is 9.71. The van der Waals surface area contributed by atoms with Crippen molar-refractivity contribution in [3.63, 3.8) is 0 Å². The van der Waals surface area contributed by atoms with Gasteiger partial charge in [0.25, 0.3) is 0 Å². The van der Waals surface area contributed by atoms with Crippen molar-refractivity contribution in [2.24, 2.45) is 0 Å². The normalized spacial score (nSPS) is 29.2. The van der Waals surface area contributed by atoms with Gasteiger partial charge in [-0.25, -0.2) is 0 Å². The molecule has 3 rings (SSSR count). The molecule has 2 aliphatic heterocycles. The molecule has 2 heteroatoms. The molecule has 0 spiro atoms. The highest BCUT2D eigenvalue weighted by molar-refractivity contribution is 5.33. The number of nitrogens with one attached hydrogen (secondary N) is 1. The van der Waals surface area contributed by atoms with E-state index in [0.717, 1.165) is 19.1 Å². The predicted molar refractivity (Wildman–Crippen MR) is 71.2 cm³/mol. The Morgan fingerprint density at radius 3 is 3.06 bits per heavy atom. The first-order valence-corrected chi connectivity index (χ1v) is 6.87. The van der Waals surface area contributed by atoms with Crippen molar-refractivity contribution in [3.8, 4) is 0 Å². The van der Waals surface area contributed by atoms with Gasteiger partial charge in [0.1, 0.15) is 0 Å². The molecule has 1 N–H and O–H groups in total. The Labute approximate surface area is 104 Å². The lowest BCUT2D eigenvalue weighted by Gasteiger charge is -2.31. The highest BCUT2D eigenvalue weighted by atomic mass is 15.2. The summed E-state index contributed by atoms with van der Waals surface area (Å²) < 4.78 is 0. The number of hydrogen-bond donors (Lipinski definition) is 1. The number of hydrogen-bond acceptors (Lipinski definition) is 2. The van der Waals surface area contributed by atoms with Crippen molar-refractivity contribution < 1.29 is 0 Å². The van der Waals surface area contributed by atoms with Crippen LogP contribution in [0.3, 0.4) is 0 Å². The fraction of sp³-hybridized carbons (Fsp3) is 0.600. The first-order chi connectivity index (χ1) is 8.34. The van der Waals surface area contributed by atoms with E-state index in [1.54, 1.807) is 5.56 Å². The van der Waals surface area contributed by atoms with E-state index in [2.05, 4.69) is 41.4 Å². The molecule has 2 unspecified atom stereocenters. The van der Waals surface area contributed by atoms with E-state index < -0.39 is 0 Å². The number of fused-ring (bicyclic) bond motifs is 1. The summed E-state index contributed by atoms with van der Waals surface area (Å²) in [4.78, 5) is 2.66. The maximum Gasteiger partial charge on any atom is 0.0208 e. The smallest absolute Gasteiger partial charge is 0.0208 e. The SMILES string of the molecule is CC1CCCN1CC1CNCc2ccccc21. The van der Waals surface area contributed by atoms with Gasteiger partial charge >= 0.3 is 0 Å². The van der Waals surface area contributed by atoms with E-state index in [0.29, 0.717) is 5.92 Å². The summed E-state index contributed by atoms with van der Waals surface area (Å²) in [5.41, 5.74) is 3.07. The third-order valence-corrected chi connectivity index (χ3v) is 4.35. The van der Waals surface area contributed by atoms with Crippen LogP contribution in [-0.4, -0.2) is 30.6 Å². The number of likely N-dealkylation sites (tertiary alicyclic amines) is 1. The van der Waals surface area contributed by atoms with E-state index in [-0.39, 0.29) is 0 Å². The van der Waals surface area contributed by atoms with Gasteiger partial charge < -0.3 is 10.2 Å². The minimum Gasteiger partial charge on any atom is -0.312 e. The number of nitrogens with zero attached hydrogens (tertiary/aromatic N) is 1. The van der Waals surface area contributed by atoms with Crippen molar-refractivity contribution in [3.05, 3.63) is 35.4 Å². The molecule has 0 amide bonds. The van der Waals surface area contributed by atoms with E-state index in [1.807, 2.05) is 0 Å². The zero-order chi connectivity index (χ0) is 11.7. The highest BCUT2D eigenvalue weighted by Crippen LogP contribution is 2.27.